The highest BCUT2D eigenvalue weighted by Crippen LogP contribution is 2.23. The van der Waals surface area contributed by atoms with E-state index in [4.69, 9.17) is 5.73 Å². The molecule has 0 unspecified atom stereocenters. The van der Waals surface area contributed by atoms with E-state index in [9.17, 15) is 0 Å². The van der Waals surface area contributed by atoms with Crippen molar-refractivity contribution in [2.45, 2.75) is 51.1 Å². The zero-order valence-electron chi connectivity index (χ0n) is 10.7. The summed E-state index contributed by atoms with van der Waals surface area (Å²) in [7, 11) is 0. The SMILES string of the molecule is CCN1CCCN(C2CCC(N)CC2)CC1. The molecule has 94 valence electrons. The van der Waals surface area contributed by atoms with Gasteiger partial charge in [-0.1, -0.05) is 6.92 Å². The summed E-state index contributed by atoms with van der Waals surface area (Å²) in [6.45, 7) is 8.61. The van der Waals surface area contributed by atoms with Crippen LogP contribution in [0.15, 0.2) is 0 Å². The van der Waals surface area contributed by atoms with Crippen molar-refractivity contribution in [1.29, 1.82) is 0 Å². The number of hydrogen-bond donors (Lipinski definition) is 1. The summed E-state index contributed by atoms with van der Waals surface area (Å²) in [5.74, 6) is 0. The van der Waals surface area contributed by atoms with Crippen molar-refractivity contribution >= 4 is 0 Å². The summed E-state index contributed by atoms with van der Waals surface area (Å²) in [6.07, 6.45) is 6.47. The summed E-state index contributed by atoms with van der Waals surface area (Å²) in [5.41, 5.74) is 5.97. The summed E-state index contributed by atoms with van der Waals surface area (Å²) in [4.78, 5) is 5.30. The maximum absolute atomic E-state index is 5.97. The Balaban J connectivity index is 1.80. The Morgan fingerprint density at radius 2 is 1.75 bits per heavy atom. The first-order valence-electron chi connectivity index (χ1n) is 7.01. The summed E-state index contributed by atoms with van der Waals surface area (Å²) in [6, 6.07) is 1.31. The highest BCUT2D eigenvalue weighted by atomic mass is 15.2. The Kier molecular flexibility index (Phi) is 4.62. The minimum Gasteiger partial charge on any atom is -0.328 e. The molecule has 2 N–H and O–H groups in total. The predicted octanol–water partition coefficient (Wildman–Crippen LogP) is 1.28. The van der Waals surface area contributed by atoms with Gasteiger partial charge in [0.05, 0.1) is 0 Å². The summed E-state index contributed by atoms with van der Waals surface area (Å²) < 4.78 is 0. The van der Waals surface area contributed by atoms with Crippen LogP contribution in [0.25, 0.3) is 0 Å². The van der Waals surface area contributed by atoms with E-state index in [1.54, 1.807) is 0 Å². The van der Waals surface area contributed by atoms with Gasteiger partial charge in [-0.3, -0.25) is 4.90 Å². The van der Waals surface area contributed by atoms with Crippen LogP contribution < -0.4 is 5.73 Å². The van der Waals surface area contributed by atoms with Crippen LogP contribution in [0.4, 0.5) is 0 Å². The van der Waals surface area contributed by atoms with E-state index in [2.05, 4.69) is 16.7 Å². The molecule has 2 aliphatic rings. The maximum Gasteiger partial charge on any atom is 0.0112 e. The van der Waals surface area contributed by atoms with E-state index in [-0.39, 0.29) is 0 Å². The van der Waals surface area contributed by atoms with E-state index >= 15 is 0 Å². The maximum atomic E-state index is 5.97. The van der Waals surface area contributed by atoms with Crippen LogP contribution >= 0.6 is 0 Å². The Labute approximate surface area is 100.0 Å². The molecule has 1 saturated carbocycles. The van der Waals surface area contributed by atoms with Gasteiger partial charge in [-0.2, -0.15) is 0 Å². The molecule has 1 heterocycles. The van der Waals surface area contributed by atoms with Gasteiger partial charge in [0.2, 0.25) is 0 Å². The summed E-state index contributed by atoms with van der Waals surface area (Å²) in [5, 5.41) is 0. The smallest absolute Gasteiger partial charge is 0.0112 e. The number of likely N-dealkylation sites (N-methyl/N-ethyl adjacent to an activating group) is 1. The second kappa shape index (κ2) is 5.99. The van der Waals surface area contributed by atoms with Gasteiger partial charge in [-0.05, 0) is 51.7 Å². The van der Waals surface area contributed by atoms with Gasteiger partial charge in [-0.25, -0.2) is 0 Å². The van der Waals surface area contributed by atoms with Crippen molar-refractivity contribution in [3.63, 3.8) is 0 Å². The first-order valence-corrected chi connectivity index (χ1v) is 7.01. The molecule has 2 rings (SSSR count). The lowest BCUT2D eigenvalue weighted by Crippen LogP contribution is -2.42. The first kappa shape index (κ1) is 12.3. The standard InChI is InChI=1S/C13H27N3/c1-2-15-8-3-9-16(11-10-15)13-6-4-12(14)5-7-13/h12-13H,2-11,14H2,1H3. The Morgan fingerprint density at radius 3 is 2.44 bits per heavy atom. The number of hydrogen-bond acceptors (Lipinski definition) is 3. The Hall–Kier alpha value is -0.120. The van der Waals surface area contributed by atoms with E-state index in [0.29, 0.717) is 6.04 Å². The second-order valence-electron chi connectivity index (χ2n) is 5.39. The molecule has 3 nitrogen and oxygen atoms in total. The third-order valence-corrected chi connectivity index (χ3v) is 4.33. The Bertz CT molecular complexity index is 199. The molecule has 0 aromatic carbocycles. The number of rotatable bonds is 2. The van der Waals surface area contributed by atoms with Gasteiger partial charge >= 0.3 is 0 Å². The zero-order valence-corrected chi connectivity index (χ0v) is 10.7. The molecule has 1 aliphatic heterocycles. The predicted molar refractivity (Wildman–Crippen MR) is 68.5 cm³/mol. The third kappa shape index (κ3) is 3.19. The first-order chi connectivity index (χ1) is 7.79. The van der Waals surface area contributed by atoms with Crippen LogP contribution in [-0.2, 0) is 0 Å². The lowest BCUT2D eigenvalue weighted by Gasteiger charge is -2.35. The topological polar surface area (TPSA) is 32.5 Å². The largest absolute Gasteiger partial charge is 0.328 e. The minimum atomic E-state index is 0.482. The molecule has 2 fully saturated rings. The highest BCUT2D eigenvalue weighted by Gasteiger charge is 2.25. The van der Waals surface area contributed by atoms with Gasteiger partial charge in [0, 0.05) is 25.2 Å². The molecular weight excluding hydrogens is 198 g/mol. The Morgan fingerprint density at radius 1 is 1.00 bits per heavy atom. The van der Waals surface area contributed by atoms with Gasteiger partial charge < -0.3 is 10.6 Å². The van der Waals surface area contributed by atoms with Gasteiger partial charge in [0.25, 0.3) is 0 Å². The van der Waals surface area contributed by atoms with E-state index in [1.807, 2.05) is 0 Å². The van der Waals surface area contributed by atoms with Crippen molar-refractivity contribution in [3.8, 4) is 0 Å². The second-order valence-corrected chi connectivity index (χ2v) is 5.39. The molecule has 0 spiro atoms. The number of nitrogens with zero attached hydrogens (tertiary/aromatic N) is 2. The normalized spacial score (nSPS) is 34.9. The lowest BCUT2D eigenvalue weighted by molar-refractivity contribution is 0.153. The fraction of sp³-hybridized carbons (Fsp3) is 1.00. The van der Waals surface area contributed by atoms with E-state index in [1.165, 1.54) is 64.8 Å². The molecule has 0 bridgehead atoms. The van der Waals surface area contributed by atoms with Crippen molar-refractivity contribution in [2.24, 2.45) is 5.73 Å². The quantitative estimate of drug-likeness (QED) is 0.768. The van der Waals surface area contributed by atoms with Crippen molar-refractivity contribution < 1.29 is 0 Å². The molecule has 1 aliphatic carbocycles. The van der Waals surface area contributed by atoms with Gasteiger partial charge in [-0.15, -0.1) is 0 Å². The molecular formula is C13H27N3. The fourth-order valence-electron chi connectivity index (χ4n) is 3.14. The fourth-order valence-corrected chi connectivity index (χ4v) is 3.14. The molecule has 16 heavy (non-hydrogen) atoms. The number of nitrogens with two attached hydrogens (primary N) is 1. The zero-order chi connectivity index (χ0) is 11.4. The average molecular weight is 225 g/mol. The van der Waals surface area contributed by atoms with Crippen LogP contribution in [0.2, 0.25) is 0 Å². The van der Waals surface area contributed by atoms with Crippen LogP contribution in [-0.4, -0.2) is 54.6 Å². The minimum absolute atomic E-state index is 0.482. The van der Waals surface area contributed by atoms with Crippen LogP contribution in [0.1, 0.15) is 39.0 Å². The van der Waals surface area contributed by atoms with E-state index < -0.39 is 0 Å². The molecule has 1 saturated heterocycles. The van der Waals surface area contributed by atoms with Gasteiger partial charge in [0.1, 0.15) is 0 Å². The monoisotopic (exact) mass is 225 g/mol. The molecule has 0 amide bonds. The van der Waals surface area contributed by atoms with Crippen molar-refractivity contribution in [2.75, 3.05) is 32.7 Å². The molecule has 0 radical (unpaired) electrons. The van der Waals surface area contributed by atoms with E-state index in [0.717, 1.165) is 6.04 Å². The van der Waals surface area contributed by atoms with Gasteiger partial charge in [0.15, 0.2) is 0 Å². The van der Waals surface area contributed by atoms with Crippen LogP contribution in [0.5, 0.6) is 0 Å². The highest BCUT2D eigenvalue weighted by molar-refractivity contribution is 4.83. The van der Waals surface area contributed by atoms with Crippen LogP contribution in [0.3, 0.4) is 0 Å². The molecule has 0 aromatic heterocycles. The lowest BCUT2D eigenvalue weighted by atomic mass is 9.90. The molecule has 0 aromatic rings. The summed E-state index contributed by atoms with van der Waals surface area (Å²) >= 11 is 0. The average Bonchev–Trinajstić information content (AvgIpc) is 2.55. The van der Waals surface area contributed by atoms with Crippen molar-refractivity contribution in [1.82, 2.24) is 9.80 Å². The van der Waals surface area contributed by atoms with Crippen molar-refractivity contribution in [3.05, 3.63) is 0 Å². The molecule has 0 atom stereocenters. The molecule has 3 heteroatoms. The third-order valence-electron chi connectivity index (χ3n) is 4.33. The van der Waals surface area contributed by atoms with Crippen LogP contribution in [0, 0.1) is 0 Å².